The van der Waals surface area contributed by atoms with Gasteiger partial charge in [0.1, 0.15) is 23.6 Å². The van der Waals surface area contributed by atoms with Gasteiger partial charge in [-0.25, -0.2) is 14.8 Å². The number of nitrogens with two attached hydrogens (primary N) is 1. The van der Waals surface area contributed by atoms with E-state index in [2.05, 4.69) is 14.9 Å². The van der Waals surface area contributed by atoms with Crippen LogP contribution < -0.4 is 10.6 Å². The zero-order valence-electron chi connectivity index (χ0n) is 16.0. The monoisotopic (exact) mass is 360 g/mol. The molecule has 3 rings (SSSR count). The minimum absolute atomic E-state index is 0.0299. The van der Waals surface area contributed by atoms with Crippen molar-refractivity contribution < 1.29 is 9.53 Å². The maximum atomic E-state index is 12.4. The highest BCUT2D eigenvalue weighted by molar-refractivity contribution is 6.08. The van der Waals surface area contributed by atoms with Crippen molar-refractivity contribution in [2.45, 2.75) is 52.2 Å². The van der Waals surface area contributed by atoms with E-state index in [1.165, 1.54) is 6.33 Å². The molecule has 8 heteroatoms. The first-order valence-corrected chi connectivity index (χ1v) is 9.11. The van der Waals surface area contributed by atoms with Gasteiger partial charge in [-0.05, 0) is 40.5 Å². The Morgan fingerprint density at radius 1 is 1.31 bits per heavy atom. The van der Waals surface area contributed by atoms with Crippen LogP contribution in [0.5, 0.6) is 0 Å². The van der Waals surface area contributed by atoms with Gasteiger partial charge >= 0.3 is 6.09 Å². The van der Waals surface area contributed by atoms with Crippen LogP contribution in [0.15, 0.2) is 6.33 Å². The number of nitrogens with zero attached hydrogens (tertiary/aromatic N) is 4. The third kappa shape index (κ3) is 3.89. The molecule has 1 aromatic heterocycles. The fraction of sp³-hybridized carbons (Fsp3) is 0.667. The second-order valence-corrected chi connectivity index (χ2v) is 8.11. The van der Waals surface area contributed by atoms with Crippen LogP contribution in [-0.4, -0.2) is 57.9 Å². The van der Waals surface area contributed by atoms with Crippen LogP contribution in [0.2, 0.25) is 0 Å². The topological polar surface area (TPSA) is 108 Å². The van der Waals surface area contributed by atoms with E-state index in [-0.39, 0.29) is 18.1 Å². The molecule has 1 amide bonds. The average Bonchev–Trinajstić information content (AvgIpc) is 3.37. The molecule has 0 aromatic carbocycles. The van der Waals surface area contributed by atoms with Crippen molar-refractivity contribution in [1.82, 2.24) is 14.9 Å². The number of ether oxygens (including phenoxy) is 1. The van der Waals surface area contributed by atoms with Crippen LogP contribution in [0.4, 0.5) is 16.4 Å². The van der Waals surface area contributed by atoms with E-state index in [0.717, 1.165) is 12.8 Å². The third-order valence-corrected chi connectivity index (χ3v) is 4.67. The molecule has 0 bridgehead atoms. The molecule has 26 heavy (non-hydrogen) atoms. The van der Waals surface area contributed by atoms with Crippen LogP contribution in [0.3, 0.4) is 0 Å². The summed E-state index contributed by atoms with van der Waals surface area (Å²) in [5, 5.41) is 8.43. The van der Waals surface area contributed by atoms with E-state index in [1.54, 1.807) is 4.90 Å². The molecule has 2 fully saturated rings. The minimum Gasteiger partial charge on any atom is -0.444 e. The van der Waals surface area contributed by atoms with Crippen molar-refractivity contribution in [3.8, 4) is 0 Å². The Labute approximate surface area is 154 Å². The lowest BCUT2D eigenvalue weighted by atomic mass is 10.1. The lowest BCUT2D eigenvalue weighted by molar-refractivity contribution is 0.0158. The van der Waals surface area contributed by atoms with Crippen molar-refractivity contribution in [2.75, 3.05) is 30.3 Å². The number of rotatable bonds is 3. The standard InChI is InChI=1S/C18H28N6O2/c1-11-9-23(7-8-24(11)17(25)26-18(2,3)4)16-13(14(19)12-5-6-12)15(20)21-10-22-16/h10-12,19H,5-9H2,1-4H3,(H2,20,21,22). The molecule has 1 aromatic rings. The largest absolute Gasteiger partial charge is 0.444 e. The van der Waals surface area contributed by atoms with Gasteiger partial charge in [0, 0.05) is 37.3 Å². The normalized spacial score (nSPS) is 20.8. The maximum absolute atomic E-state index is 12.4. The third-order valence-electron chi connectivity index (χ3n) is 4.67. The lowest BCUT2D eigenvalue weighted by Gasteiger charge is -2.41. The number of piperazine rings is 1. The lowest BCUT2D eigenvalue weighted by Crippen LogP contribution is -2.55. The van der Waals surface area contributed by atoms with E-state index < -0.39 is 5.60 Å². The second-order valence-electron chi connectivity index (χ2n) is 8.11. The number of carbonyl (C=O) groups excluding carboxylic acids is 1. The van der Waals surface area contributed by atoms with E-state index in [1.807, 2.05) is 27.7 Å². The number of carbonyl (C=O) groups is 1. The highest BCUT2D eigenvalue weighted by atomic mass is 16.6. The molecule has 8 nitrogen and oxygen atoms in total. The van der Waals surface area contributed by atoms with Crippen LogP contribution in [0.25, 0.3) is 0 Å². The molecule has 142 valence electrons. The summed E-state index contributed by atoms with van der Waals surface area (Å²) < 4.78 is 5.50. The van der Waals surface area contributed by atoms with Gasteiger partial charge in [-0.2, -0.15) is 0 Å². The summed E-state index contributed by atoms with van der Waals surface area (Å²) in [6.45, 7) is 9.36. The van der Waals surface area contributed by atoms with E-state index in [0.29, 0.717) is 42.5 Å². The zero-order valence-corrected chi connectivity index (χ0v) is 16.0. The molecule has 1 aliphatic heterocycles. The fourth-order valence-corrected chi connectivity index (χ4v) is 3.21. The number of hydrogen-bond acceptors (Lipinski definition) is 7. The summed E-state index contributed by atoms with van der Waals surface area (Å²) in [7, 11) is 0. The molecule has 1 saturated heterocycles. The minimum atomic E-state index is -0.512. The van der Waals surface area contributed by atoms with Crippen molar-refractivity contribution in [1.29, 1.82) is 5.41 Å². The first-order valence-electron chi connectivity index (χ1n) is 9.11. The highest BCUT2D eigenvalue weighted by Crippen LogP contribution is 2.36. The van der Waals surface area contributed by atoms with Gasteiger partial charge < -0.3 is 25.7 Å². The molecule has 0 radical (unpaired) electrons. The summed E-state index contributed by atoms with van der Waals surface area (Å²) >= 11 is 0. The number of hydrogen-bond donors (Lipinski definition) is 2. The SMILES string of the molecule is CC1CN(c2ncnc(N)c2C(=N)C2CC2)CCN1C(=O)OC(C)(C)C. The number of aromatic nitrogens is 2. The van der Waals surface area contributed by atoms with E-state index in [4.69, 9.17) is 15.9 Å². The van der Waals surface area contributed by atoms with Crippen LogP contribution in [0, 0.1) is 11.3 Å². The summed E-state index contributed by atoms with van der Waals surface area (Å²) in [6.07, 6.45) is 3.20. The van der Waals surface area contributed by atoms with Crippen molar-refractivity contribution >= 4 is 23.4 Å². The molecule has 1 unspecified atom stereocenters. The van der Waals surface area contributed by atoms with Gasteiger partial charge in [0.25, 0.3) is 0 Å². The van der Waals surface area contributed by atoms with E-state index in [9.17, 15) is 4.79 Å². The predicted molar refractivity (Wildman–Crippen MR) is 101 cm³/mol. The number of nitrogens with one attached hydrogen (secondary N) is 1. The maximum Gasteiger partial charge on any atom is 0.410 e. The molecule has 2 heterocycles. The van der Waals surface area contributed by atoms with Crippen molar-refractivity contribution in [2.24, 2.45) is 5.92 Å². The Bertz CT molecular complexity index is 710. The Balaban J connectivity index is 1.76. The first kappa shape index (κ1) is 18.4. The number of amides is 1. The Kier molecular flexibility index (Phi) is 4.77. The Morgan fingerprint density at radius 3 is 2.58 bits per heavy atom. The molecule has 1 aliphatic carbocycles. The Hall–Kier alpha value is -2.38. The summed E-state index contributed by atoms with van der Waals surface area (Å²) in [6, 6.07) is -0.0299. The number of nitrogen functional groups attached to an aromatic ring is 1. The van der Waals surface area contributed by atoms with Gasteiger partial charge in [0.15, 0.2) is 0 Å². The predicted octanol–water partition coefficient (Wildman–Crippen LogP) is 2.28. The van der Waals surface area contributed by atoms with E-state index >= 15 is 0 Å². The average molecular weight is 360 g/mol. The van der Waals surface area contributed by atoms with Crippen LogP contribution >= 0.6 is 0 Å². The van der Waals surface area contributed by atoms with Gasteiger partial charge in [0.2, 0.25) is 0 Å². The molecular formula is C18H28N6O2. The van der Waals surface area contributed by atoms with Crippen LogP contribution in [-0.2, 0) is 4.74 Å². The van der Waals surface area contributed by atoms with Gasteiger partial charge in [-0.3, -0.25) is 0 Å². The summed E-state index contributed by atoms with van der Waals surface area (Å²) in [5.74, 6) is 1.32. The number of anilines is 2. The molecule has 2 aliphatic rings. The molecular weight excluding hydrogens is 332 g/mol. The second kappa shape index (κ2) is 6.74. The van der Waals surface area contributed by atoms with Gasteiger partial charge in [-0.15, -0.1) is 0 Å². The van der Waals surface area contributed by atoms with Crippen molar-refractivity contribution in [3.05, 3.63) is 11.9 Å². The molecule has 3 N–H and O–H groups in total. The van der Waals surface area contributed by atoms with Crippen molar-refractivity contribution in [3.63, 3.8) is 0 Å². The smallest absolute Gasteiger partial charge is 0.410 e. The van der Waals surface area contributed by atoms with Crippen LogP contribution in [0.1, 0.15) is 46.1 Å². The molecule has 1 atom stereocenters. The fourth-order valence-electron chi connectivity index (χ4n) is 3.21. The van der Waals surface area contributed by atoms with Gasteiger partial charge in [0.05, 0.1) is 5.56 Å². The van der Waals surface area contributed by atoms with Gasteiger partial charge in [-0.1, -0.05) is 0 Å². The zero-order chi connectivity index (χ0) is 19.1. The molecule has 1 saturated carbocycles. The Morgan fingerprint density at radius 2 is 2.00 bits per heavy atom. The summed E-state index contributed by atoms with van der Waals surface area (Å²) in [4.78, 5) is 24.7. The first-order chi connectivity index (χ1) is 12.2. The quantitative estimate of drug-likeness (QED) is 0.801. The summed E-state index contributed by atoms with van der Waals surface area (Å²) in [5.41, 5.74) is 6.73. The highest BCUT2D eigenvalue weighted by Gasteiger charge is 2.35. The molecule has 0 spiro atoms.